The number of benzene rings is 2. The van der Waals surface area contributed by atoms with Gasteiger partial charge in [0.05, 0.1) is 0 Å². The van der Waals surface area contributed by atoms with Gasteiger partial charge in [0.15, 0.2) is 0 Å². The first-order chi connectivity index (χ1) is 15.1. The van der Waals surface area contributed by atoms with Crippen molar-refractivity contribution in [2.45, 2.75) is 24.0 Å². The first-order valence-corrected chi connectivity index (χ1v) is 11.9. The Morgan fingerprint density at radius 2 is 2.06 bits per heavy atom. The lowest BCUT2D eigenvalue weighted by Gasteiger charge is -2.21. The Morgan fingerprint density at radius 1 is 1.23 bits per heavy atom. The van der Waals surface area contributed by atoms with Crippen LogP contribution in [0.2, 0.25) is 5.02 Å². The van der Waals surface area contributed by atoms with Gasteiger partial charge in [0.2, 0.25) is 0 Å². The molecular weight excluding hydrogens is 426 g/mol. The SMILES string of the molecule is Cc1ccc(Cl)cc1N1CCC(CNC(=O)c2ccc(SCc3cccnc3)cc2)C1. The van der Waals surface area contributed by atoms with Crippen LogP contribution in [0.15, 0.2) is 71.9 Å². The molecule has 160 valence electrons. The first kappa shape index (κ1) is 21.7. The van der Waals surface area contributed by atoms with Crippen LogP contribution >= 0.6 is 23.4 Å². The molecule has 1 aliphatic heterocycles. The molecule has 1 amide bonds. The Balaban J connectivity index is 1.26. The van der Waals surface area contributed by atoms with E-state index in [2.05, 4.69) is 34.3 Å². The largest absolute Gasteiger partial charge is 0.371 e. The molecular formula is C25H26ClN3OS. The van der Waals surface area contributed by atoms with Crippen LogP contribution in [0.1, 0.15) is 27.9 Å². The third-order valence-electron chi connectivity index (χ3n) is 5.59. The van der Waals surface area contributed by atoms with E-state index in [0.717, 1.165) is 35.2 Å². The topological polar surface area (TPSA) is 45.2 Å². The van der Waals surface area contributed by atoms with Crippen molar-refractivity contribution >= 4 is 35.0 Å². The maximum atomic E-state index is 12.6. The lowest BCUT2D eigenvalue weighted by molar-refractivity contribution is 0.0948. The number of nitrogens with zero attached hydrogens (tertiary/aromatic N) is 2. The van der Waals surface area contributed by atoms with Gasteiger partial charge < -0.3 is 10.2 Å². The van der Waals surface area contributed by atoms with E-state index in [1.807, 2.05) is 48.7 Å². The Labute approximate surface area is 193 Å². The molecule has 1 unspecified atom stereocenters. The Bertz CT molecular complexity index is 1030. The van der Waals surface area contributed by atoms with E-state index < -0.39 is 0 Å². The number of amides is 1. The number of aryl methyl sites for hydroxylation is 1. The van der Waals surface area contributed by atoms with E-state index in [1.54, 1.807) is 18.0 Å². The van der Waals surface area contributed by atoms with E-state index in [1.165, 1.54) is 16.8 Å². The van der Waals surface area contributed by atoms with Crippen molar-refractivity contribution in [3.8, 4) is 0 Å². The standard InChI is InChI=1S/C25H26ClN3OS/c1-18-4-7-22(26)13-24(18)29-12-10-19(16-29)15-28-25(30)21-5-8-23(9-6-21)31-17-20-3-2-11-27-14-20/h2-9,11,13-14,19H,10,12,15-17H2,1H3,(H,28,30). The molecule has 0 aliphatic carbocycles. The molecule has 1 fully saturated rings. The maximum Gasteiger partial charge on any atom is 0.251 e. The first-order valence-electron chi connectivity index (χ1n) is 10.5. The summed E-state index contributed by atoms with van der Waals surface area (Å²) in [5, 5.41) is 3.87. The van der Waals surface area contributed by atoms with Gasteiger partial charge in [0.1, 0.15) is 0 Å². The number of anilines is 1. The van der Waals surface area contributed by atoms with Crippen molar-refractivity contribution < 1.29 is 4.79 Å². The fourth-order valence-corrected chi connectivity index (χ4v) is 4.83. The van der Waals surface area contributed by atoms with Crippen molar-refractivity contribution in [1.29, 1.82) is 0 Å². The highest BCUT2D eigenvalue weighted by atomic mass is 35.5. The predicted molar refractivity (Wildman–Crippen MR) is 129 cm³/mol. The summed E-state index contributed by atoms with van der Waals surface area (Å²) in [7, 11) is 0. The molecule has 1 aliphatic rings. The Kier molecular flexibility index (Phi) is 7.15. The van der Waals surface area contributed by atoms with E-state index in [-0.39, 0.29) is 5.91 Å². The summed E-state index contributed by atoms with van der Waals surface area (Å²) in [6.45, 7) is 4.72. The smallest absolute Gasteiger partial charge is 0.251 e. The number of hydrogen-bond acceptors (Lipinski definition) is 4. The van der Waals surface area contributed by atoms with E-state index in [0.29, 0.717) is 18.0 Å². The van der Waals surface area contributed by atoms with Crippen LogP contribution in [0.3, 0.4) is 0 Å². The Hall–Kier alpha value is -2.50. The normalized spacial score (nSPS) is 15.8. The molecule has 0 radical (unpaired) electrons. The van der Waals surface area contributed by atoms with E-state index >= 15 is 0 Å². The molecule has 3 aromatic rings. The summed E-state index contributed by atoms with van der Waals surface area (Å²) in [6.07, 6.45) is 4.73. The zero-order valence-electron chi connectivity index (χ0n) is 17.6. The second kappa shape index (κ2) is 10.2. The summed E-state index contributed by atoms with van der Waals surface area (Å²) in [4.78, 5) is 20.2. The van der Waals surface area contributed by atoms with Gasteiger partial charge in [-0.3, -0.25) is 9.78 Å². The van der Waals surface area contributed by atoms with Crippen LogP contribution in [0.25, 0.3) is 0 Å². The molecule has 1 N–H and O–H groups in total. The monoisotopic (exact) mass is 451 g/mol. The third kappa shape index (κ3) is 5.81. The molecule has 1 atom stereocenters. The molecule has 6 heteroatoms. The molecule has 0 bridgehead atoms. The van der Waals surface area contributed by atoms with Crippen LogP contribution in [-0.4, -0.2) is 30.5 Å². The van der Waals surface area contributed by atoms with Gasteiger partial charge in [-0.25, -0.2) is 0 Å². The van der Waals surface area contributed by atoms with Gasteiger partial charge in [0, 0.05) is 58.9 Å². The fraction of sp³-hybridized carbons (Fsp3) is 0.280. The van der Waals surface area contributed by atoms with Crippen LogP contribution in [0.5, 0.6) is 0 Å². The lowest BCUT2D eigenvalue weighted by Crippen LogP contribution is -2.31. The second-order valence-electron chi connectivity index (χ2n) is 7.92. The Morgan fingerprint density at radius 3 is 2.84 bits per heavy atom. The minimum absolute atomic E-state index is 0.0128. The summed E-state index contributed by atoms with van der Waals surface area (Å²) in [5.41, 5.74) is 4.32. The predicted octanol–water partition coefficient (Wildman–Crippen LogP) is 5.59. The molecule has 2 heterocycles. The van der Waals surface area contributed by atoms with E-state index in [4.69, 9.17) is 11.6 Å². The van der Waals surface area contributed by atoms with Gasteiger partial charge in [0.25, 0.3) is 5.91 Å². The van der Waals surface area contributed by atoms with Crippen LogP contribution in [0, 0.1) is 12.8 Å². The van der Waals surface area contributed by atoms with Gasteiger partial charge in [-0.15, -0.1) is 11.8 Å². The van der Waals surface area contributed by atoms with Crippen molar-refractivity contribution in [2.24, 2.45) is 5.92 Å². The number of nitrogens with one attached hydrogen (secondary N) is 1. The fourth-order valence-electron chi connectivity index (χ4n) is 3.83. The van der Waals surface area contributed by atoms with Gasteiger partial charge >= 0.3 is 0 Å². The molecule has 1 aromatic heterocycles. The van der Waals surface area contributed by atoms with Crippen molar-refractivity contribution in [1.82, 2.24) is 10.3 Å². The summed E-state index contributed by atoms with van der Waals surface area (Å²) in [6, 6.07) is 17.9. The molecule has 31 heavy (non-hydrogen) atoms. The summed E-state index contributed by atoms with van der Waals surface area (Å²) < 4.78 is 0. The zero-order valence-corrected chi connectivity index (χ0v) is 19.1. The highest BCUT2D eigenvalue weighted by molar-refractivity contribution is 7.98. The maximum absolute atomic E-state index is 12.6. The molecule has 1 saturated heterocycles. The summed E-state index contributed by atoms with van der Waals surface area (Å²) >= 11 is 7.92. The van der Waals surface area contributed by atoms with Crippen LogP contribution in [0.4, 0.5) is 5.69 Å². The highest BCUT2D eigenvalue weighted by Gasteiger charge is 2.24. The number of hydrogen-bond donors (Lipinski definition) is 1. The van der Waals surface area contributed by atoms with Gasteiger partial charge in [-0.1, -0.05) is 23.7 Å². The number of halogens is 1. The lowest BCUT2D eigenvalue weighted by atomic mass is 10.1. The zero-order chi connectivity index (χ0) is 21.6. The average molecular weight is 452 g/mol. The van der Waals surface area contributed by atoms with Crippen molar-refractivity contribution in [3.63, 3.8) is 0 Å². The molecule has 4 rings (SSSR count). The second-order valence-corrected chi connectivity index (χ2v) is 9.40. The number of aromatic nitrogens is 1. The minimum Gasteiger partial charge on any atom is -0.371 e. The summed E-state index contributed by atoms with van der Waals surface area (Å²) in [5.74, 6) is 1.29. The minimum atomic E-state index is -0.0128. The van der Waals surface area contributed by atoms with Crippen molar-refractivity contribution in [3.05, 3.63) is 88.7 Å². The third-order valence-corrected chi connectivity index (χ3v) is 6.91. The van der Waals surface area contributed by atoms with Crippen LogP contribution < -0.4 is 10.2 Å². The highest BCUT2D eigenvalue weighted by Crippen LogP contribution is 2.29. The van der Waals surface area contributed by atoms with Gasteiger partial charge in [-0.2, -0.15) is 0 Å². The number of carbonyl (C=O) groups is 1. The van der Waals surface area contributed by atoms with Crippen molar-refractivity contribution in [2.75, 3.05) is 24.5 Å². The quantitative estimate of drug-likeness (QED) is 0.475. The average Bonchev–Trinajstić information content (AvgIpc) is 3.27. The molecule has 0 saturated carbocycles. The van der Waals surface area contributed by atoms with Gasteiger partial charge in [-0.05, 0) is 72.9 Å². The molecule has 4 nitrogen and oxygen atoms in total. The molecule has 0 spiro atoms. The number of carbonyl (C=O) groups excluding carboxylic acids is 1. The molecule has 2 aromatic carbocycles. The van der Waals surface area contributed by atoms with E-state index in [9.17, 15) is 4.79 Å². The van der Waals surface area contributed by atoms with Crippen LogP contribution in [-0.2, 0) is 5.75 Å². The number of rotatable bonds is 7. The number of thioether (sulfide) groups is 1. The number of pyridine rings is 1.